The van der Waals surface area contributed by atoms with E-state index in [9.17, 15) is 9.18 Å². The molecular formula is C15H20FNO. The Bertz CT molecular complexity index is 450. The molecule has 1 saturated heterocycles. The maximum atomic E-state index is 13.6. The van der Waals surface area contributed by atoms with Crippen LogP contribution >= 0.6 is 0 Å². The molecule has 1 atom stereocenters. The van der Waals surface area contributed by atoms with Crippen molar-refractivity contribution in [3.05, 3.63) is 35.1 Å². The Labute approximate surface area is 108 Å². The molecule has 2 rings (SSSR count). The smallest absolute Gasteiger partial charge is 0.182 e. The zero-order chi connectivity index (χ0) is 13.2. The molecule has 1 heterocycles. The third-order valence-corrected chi connectivity index (χ3v) is 3.79. The molecule has 1 aliphatic rings. The maximum Gasteiger partial charge on any atom is 0.182 e. The molecule has 2 nitrogen and oxygen atoms in total. The molecule has 0 radical (unpaired) electrons. The van der Waals surface area contributed by atoms with Crippen LogP contribution in [0.4, 0.5) is 4.39 Å². The Morgan fingerprint density at radius 3 is 2.83 bits per heavy atom. The van der Waals surface area contributed by atoms with Crippen LogP contribution in [0.25, 0.3) is 0 Å². The van der Waals surface area contributed by atoms with E-state index in [-0.39, 0.29) is 11.6 Å². The van der Waals surface area contributed by atoms with Gasteiger partial charge in [0.1, 0.15) is 5.82 Å². The van der Waals surface area contributed by atoms with E-state index >= 15 is 0 Å². The minimum absolute atomic E-state index is 0.0424. The number of Topliss-reactive ketones (excluding diaryl/α,β-unsaturated/α-hetero) is 1. The normalized spacial score (nSPS) is 23.3. The van der Waals surface area contributed by atoms with Crippen LogP contribution in [0.15, 0.2) is 18.2 Å². The van der Waals surface area contributed by atoms with Crippen LogP contribution < -0.4 is 5.32 Å². The number of carbonyl (C=O) groups is 1. The van der Waals surface area contributed by atoms with Gasteiger partial charge >= 0.3 is 0 Å². The lowest BCUT2D eigenvalue weighted by Crippen LogP contribution is -2.47. The van der Waals surface area contributed by atoms with Crippen molar-refractivity contribution in [1.82, 2.24) is 5.32 Å². The minimum atomic E-state index is -0.462. The lowest BCUT2D eigenvalue weighted by molar-refractivity contribution is 0.0857. The summed E-state index contributed by atoms with van der Waals surface area (Å²) in [7, 11) is 0. The molecule has 1 aromatic carbocycles. The number of aryl methyl sites for hydroxylation is 1. The topological polar surface area (TPSA) is 29.1 Å². The molecule has 1 aliphatic heterocycles. The van der Waals surface area contributed by atoms with Crippen molar-refractivity contribution in [2.24, 2.45) is 0 Å². The first-order valence-corrected chi connectivity index (χ1v) is 6.65. The number of carbonyl (C=O) groups excluding carboxylic acids is 1. The molecule has 1 aromatic rings. The number of benzene rings is 1. The summed E-state index contributed by atoms with van der Waals surface area (Å²) in [6.45, 7) is 4.66. The van der Waals surface area contributed by atoms with Crippen molar-refractivity contribution in [2.75, 3.05) is 6.54 Å². The first-order chi connectivity index (χ1) is 8.59. The highest BCUT2D eigenvalue weighted by molar-refractivity contribution is 6.03. The summed E-state index contributed by atoms with van der Waals surface area (Å²) < 4.78 is 13.6. The Balaban J connectivity index is 2.30. The number of hydrogen-bond donors (Lipinski definition) is 1. The Hall–Kier alpha value is -1.22. The van der Waals surface area contributed by atoms with Crippen LogP contribution in [-0.2, 0) is 0 Å². The third-order valence-electron chi connectivity index (χ3n) is 3.79. The van der Waals surface area contributed by atoms with Gasteiger partial charge in [0.2, 0.25) is 0 Å². The summed E-state index contributed by atoms with van der Waals surface area (Å²) >= 11 is 0. The van der Waals surface area contributed by atoms with Crippen LogP contribution in [0.3, 0.4) is 0 Å². The van der Waals surface area contributed by atoms with Crippen molar-refractivity contribution in [3.8, 4) is 0 Å². The van der Waals surface area contributed by atoms with E-state index in [0.717, 1.165) is 32.2 Å². The summed E-state index contributed by atoms with van der Waals surface area (Å²) in [4.78, 5) is 12.6. The molecule has 0 bridgehead atoms. The van der Waals surface area contributed by atoms with E-state index in [4.69, 9.17) is 0 Å². The largest absolute Gasteiger partial charge is 0.305 e. The summed E-state index contributed by atoms with van der Waals surface area (Å²) in [6, 6.07) is 4.78. The molecule has 1 N–H and O–H groups in total. The van der Waals surface area contributed by atoms with Gasteiger partial charge in [-0.25, -0.2) is 4.39 Å². The van der Waals surface area contributed by atoms with Gasteiger partial charge in [0.25, 0.3) is 0 Å². The van der Waals surface area contributed by atoms with Crippen molar-refractivity contribution >= 4 is 5.78 Å². The van der Waals surface area contributed by atoms with Crippen LogP contribution in [-0.4, -0.2) is 17.9 Å². The fourth-order valence-electron chi connectivity index (χ4n) is 2.76. The van der Waals surface area contributed by atoms with E-state index in [1.165, 1.54) is 6.07 Å². The third kappa shape index (κ3) is 2.32. The average molecular weight is 249 g/mol. The van der Waals surface area contributed by atoms with Crippen molar-refractivity contribution < 1.29 is 9.18 Å². The van der Waals surface area contributed by atoms with Gasteiger partial charge in [-0.15, -0.1) is 0 Å². The molecule has 0 aromatic heterocycles. The molecule has 1 fully saturated rings. The quantitative estimate of drug-likeness (QED) is 0.830. The Morgan fingerprint density at radius 2 is 2.28 bits per heavy atom. The van der Waals surface area contributed by atoms with Gasteiger partial charge in [0, 0.05) is 5.56 Å². The van der Waals surface area contributed by atoms with E-state index in [0.29, 0.717) is 11.1 Å². The van der Waals surface area contributed by atoms with Crippen molar-refractivity contribution in [2.45, 2.75) is 45.1 Å². The van der Waals surface area contributed by atoms with E-state index < -0.39 is 5.54 Å². The standard InChI is InChI=1S/C15H20FNO/c1-3-7-15(8-4-9-17-15)14(18)12-6-5-11(2)13(16)10-12/h5-6,10,17H,3-4,7-9H2,1-2H3. The molecule has 0 saturated carbocycles. The Kier molecular flexibility index (Phi) is 3.81. The monoisotopic (exact) mass is 249 g/mol. The minimum Gasteiger partial charge on any atom is -0.305 e. The van der Waals surface area contributed by atoms with E-state index in [1.807, 2.05) is 0 Å². The molecule has 18 heavy (non-hydrogen) atoms. The van der Waals surface area contributed by atoms with E-state index in [2.05, 4.69) is 12.2 Å². The highest BCUT2D eigenvalue weighted by Gasteiger charge is 2.40. The zero-order valence-corrected chi connectivity index (χ0v) is 11.1. The second-order valence-corrected chi connectivity index (χ2v) is 5.16. The summed E-state index contributed by atoms with van der Waals surface area (Å²) in [5.41, 5.74) is 0.604. The fourth-order valence-corrected chi connectivity index (χ4v) is 2.76. The van der Waals surface area contributed by atoms with Gasteiger partial charge in [-0.2, -0.15) is 0 Å². The molecule has 1 unspecified atom stereocenters. The number of hydrogen-bond acceptors (Lipinski definition) is 2. The van der Waals surface area contributed by atoms with Gasteiger partial charge in [0.15, 0.2) is 5.78 Å². The van der Waals surface area contributed by atoms with Crippen LogP contribution in [0.2, 0.25) is 0 Å². The number of rotatable bonds is 4. The SMILES string of the molecule is CCCC1(C(=O)c2ccc(C)c(F)c2)CCCN1. The van der Waals surface area contributed by atoms with E-state index in [1.54, 1.807) is 19.1 Å². The molecule has 0 aliphatic carbocycles. The highest BCUT2D eigenvalue weighted by atomic mass is 19.1. The van der Waals surface area contributed by atoms with Gasteiger partial charge in [-0.3, -0.25) is 4.79 Å². The van der Waals surface area contributed by atoms with Crippen LogP contribution in [0, 0.1) is 12.7 Å². The number of ketones is 1. The van der Waals surface area contributed by atoms with Gasteiger partial charge in [0.05, 0.1) is 5.54 Å². The van der Waals surface area contributed by atoms with Crippen LogP contribution in [0.1, 0.15) is 48.5 Å². The zero-order valence-electron chi connectivity index (χ0n) is 11.1. The average Bonchev–Trinajstić information content (AvgIpc) is 2.82. The number of nitrogens with one attached hydrogen (secondary N) is 1. The predicted molar refractivity (Wildman–Crippen MR) is 70.3 cm³/mol. The first-order valence-electron chi connectivity index (χ1n) is 6.65. The molecule has 3 heteroatoms. The fraction of sp³-hybridized carbons (Fsp3) is 0.533. The first kappa shape index (κ1) is 13.2. The molecule has 98 valence electrons. The molecular weight excluding hydrogens is 229 g/mol. The second kappa shape index (κ2) is 5.19. The molecule has 0 spiro atoms. The summed E-state index contributed by atoms with van der Waals surface area (Å²) in [5, 5.41) is 3.33. The predicted octanol–water partition coefficient (Wildman–Crippen LogP) is 3.24. The van der Waals surface area contributed by atoms with Gasteiger partial charge in [-0.1, -0.05) is 25.5 Å². The Morgan fingerprint density at radius 1 is 1.50 bits per heavy atom. The summed E-state index contributed by atoms with van der Waals surface area (Å²) in [5.74, 6) is -0.258. The van der Waals surface area contributed by atoms with Crippen molar-refractivity contribution in [3.63, 3.8) is 0 Å². The second-order valence-electron chi connectivity index (χ2n) is 5.16. The molecule has 0 amide bonds. The van der Waals surface area contributed by atoms with Gasteiger partial charge in [-0.05, 0) is 44.4 Å². The number of halogens is 1. The van der Waals surface area contributed by atoms with Gasteiger partial charge < -0.3 is 5.32 Å². The highest BCUT2D eigenvalue weighted by Crippen LogP contribution is 2.29. The maximum absolute atomic E-state index is 13.6. The lowest BCUT2D eigenvalue weighted by atomic mass is 9.84. The van der Waals surface area contributed by atoms with Crippen LogP contribution in [0.5, 0.6) is 0 Å². The van der Waals surface area contributed by atoms with Crippen molar-refractivity contribution in [1.29, 1.82) is 0 Å². The lowest BCUT2D eigenvalue weighted by Gasteiger charge is -2.27. The summed E-state index contributed by atoms with van der Waals surface area (Å²) in [6.07, 6.45) is 3.64.